The van der Waals surface area contributed by atoms with Crippen LogP contribution in [-0.2, 0) is 19.9 Å². The number of ether oxygens (including phenoxy) is 1. The van der Waals surface area contributed by atoms with Gasteiger partial charge >= 0.3 is 6.03 Å². The van der Waals surface area contributed by atoms with Gasteiger partial charge in [0.15, 0.2) is 0 Å². The maximum Gasteiger partial charge on any atom is 0.316 e. The molecule has 3 aromatic rings. The summed E-state index contributed by atoms with van der Waals surface area (Å²) in [5.74, 6) is 1.49. The summed E-state index contributed by atoms with van der Waals surface area (Å²) in [4.78, 5) is 17.4. The van der Waals surface area contributed by atoms with Crippen molar-refractivity contribution in [3.63, 3.8) is 0 Å². The SMILES string of the molecule is COc1cccc([C@H](NC(=O)N[C@@H](C)c2ccc3c(c2)CCCC3)c2nccn2C)c1. The highest BCUT2D eigenvalue weighted by Crippen LogP contribution is 2.26. The van der Waals surface area contributed by atoms with Crippen LogP contribution < -0.4 is 15.4 Å². The highest BCUT2D eigenvalue weighted by molar-refractivity contribution is 5.75. The summed E-state index contributed by atoms with van der Waals surface area (Å²) in [5.41, 5.74) is 4.90. The van der Waals surface area contributed by atoms with Crippen LogP contribution in [0.4, 0.5) is 4.79 Å². The fourth-order valence-corrected chi connectivity index (χ4v) is 4.25. The van der Waals surface area contributed by atoms with E-state index in [1.807, 2.05) is 49.0 Å². The first-order valence-electron chi connectivity index (χ1n) is 10.8. The summed E-state index contributed by atoms with van der Waals surface area (Å²) in [6.07, 6.45) is 8.39. The van der Waals surface area contributed by atoms with Crippen molar-refractivity contribution in [2.45, 2.75) is 44.7 Å². The van der Waals surface area contributed by atoms with Gasteiger partial charge in [0.1, 0.15) is 17.6 Å². The van der Waals surface area contributed by atoms with E-state index in [9.17, 15) is 4.79 Å². The molecule has 0 spiro atoms. The van der Waals surface area contributed by atoms with Gasteiger partial charge in [-0.3, -0.25) is 0 Å². The maximum absolute atomic E-state index is 13.0. The Kier molecular flexibility index (Phi) is 6.26. The number of aryl methyl sites for hydroxylation is 3. The van der Waals surface area contributed by atoms with Crippen LogP contribution in [0.25, 0.3) is 0 Å². The van der Waals surface area contributed by atoms with Gasteiger partial charge < -0.3 is 19.9 Å². The highest BCUT2D eigenvalue weighted by atomic mass is 16.5. The van der Waals surface area contributed by atoms with Gasteiger partial charge in [-0.05, 0) is 67.0 Å². The number of nitrogens with zero attached hydrogens (tertiary/aromatic N) is 2. The zero-order chi connectivity index (χ0) is 21.8. The van der Waals surface area contributed by atoms with Gasteiger partial charge in [-0.2, -0.15) is 0 Å². The van der Waals surface area contributed by atoms with Gasteiger partial charge in [0.25, 0.3) is 0 Å². The maximum atomic E-state index is 13.0. The van der Waals surface area contributed by atoms with Crippen LogP contribution >= 0.6 is 0 Å². The third-order valence-corrected chi connectivity index (χ3v) is 6.04. The van der Waals surface area contributed by atoms with E-state index in [4.69, 9.17) is 4.74 Å². The first-order valence-corrected chi connectivity index (χ1v) is 10.8. The molecule has 4 rings (SSSR count). The monoisotopic (exact) mass is 418 g/mol. The summed E-state index contributed by atoms with van der Waals surface area (Å²) in [5, 5.41) is 6.20. The molecule has 0 bridgehead atoms. The number of carbonyl (C=O) groups is 1. The Labute approximate surface area is 183 Å². The molecule has 0 radical (unpaired) electrons. The third kappa shape index (κ3) is 4.74. The largest absolute Gasteiger partial charge is 0.497 e. The number of hydrogen-bond acceptors (Lipinski definition) is 3. The Balaban J connectivity index is 1.51. The van der Waals surface area contributed by atoms with Crippen molar-refractivity contribution < 1.29 is 9.53 Å². The van der Waals surface area contributed by atoms with E-state index < -0.39 is 6.04 Å². The lowest BCUT2D eigenvalue weighted by Gasteiger charge is -2.23. The average molecular weight is 419 g/mol. The lowest BCUT2D eigenvalue weighted by Crippen LogP contribution is -2.40. The zero-order valence-corrected chi connectivity index (χ0v) is 18.4. The molecule has 2 aromatic carbocycles. The number of fused-ring (bicyclic) bond motifs is 1. The van der Waals surface area contributed by atoms with Gasteiger partial charge in [-0.15, -0.1) is 0 Å². The zero-order valence-electron chi connectivity index (χ0n) is 18.4. The van der Waals surface area contributed by atoms with Crippen LogP contribution in [0.5, 0.6) is 5.75 Å². The molecule has 1 aromatic heterocycles. The normalized spacial score (nSPS) is 14.9. The van der Waals surface area contributed by atoms with Gasteiger partial charge in [-0.25, -0.2) is 9.78 Å². The predicted molar refractivity (Wildman–Crippen MR) is 121 cm³/mol. The van der Waals surface area contributed by atoms with Crippen molar-refractivity contribution in [3.8, 4) is 5.75 Å². The lowest BCUT2D eigenvalue weighted by molar-refractivity contribution is 0.235. The van der Waals surface area contributed by atoms with E-state index in [1.165, 1.54) is 24.0 Å². The quantitative estimate of drug-likeness (QED) is 0.621. The van der Waals surface area contributed by atoms with E-state index in [0.29, 0.717) is 0 Å². The molecule has 162 valence electrons. The standard InChI is InChI=1S/C25H30N4O2/c1-17(19-12-11-18-7-4-5-8-20(18)15-19)27-25(30)28-23(24-26-13-14-29(24)2)21-9-6-10-22(16-21)31-3/h6,9-17,23H,4-5,7-8H2,1-3H3,(H2,27,28,30)/t17-,23-/m0/s1. The first-order chi connectivity index (χ1) is 15.0. The summed E-state index contributed by atoms with van der Waals surface area (Å²) in [6.45, 7) is 2.02. The summed E-state index contributed by atoms with van der Waals surface area (Å²) < 4.78 is 7.28. The molecule has 1 heterocycles. The number of imidazole rings is 1. The van der Waals surface area contributed by atoms with Crippen LogP contribution in [0, 0.1) is 0 Å². The molecule has 6 heteroatoms. The Hall–Kier alpha value is -3.28. The highest BCUT2D eigenvalue weighted by Gasteiger charge is 2.22. The number of rotatable bonds is 6. The Morgan fingerprint density at radius 3 is 2.61 bits per heavy atom. The van der Waals surface area contributed by atoms with Gasteiger partial charge in [0.05, 0.1) is 13.2 Å². The molecule has 0 aliphatic heterocycles. The summed E-state index contributed by atoms with van der Waals surface area (Å²) in [6, 6.07) is 13.6. The van der Waals surface area contributed by atoms with Crippen LogP contribution in [0.2, 0.25) is 0 Å². The lowest BCUT2D eigenvalue weighted by atomic mass is 9.89. The number of urea groups is 1. The second-order valence-electron chi connectivity index (χ2n) is 8.18. The number of amides is 2. The molecule has 31 heavy (non-hydrogen) atoms. The minimum absolute atomic E-state index is 0.0976. The number of aromatic nitrogens is 2. The smallest absolute Gasteiger partial charge is 0.316 e. The van der Waals surface area contributed by atoms with Crippen LogP contribution in [0.3, 0.4) is 0 Å². The third-order valence-electron chi connectivity index (χ3n) is 6.04. The summed E-state index contributed by atoms with van der Waals surface area (Å²) in [7, 11) is 3.56. The molecule has 6 nitrogen and oxygen atoms in total. The number of nitrogens with one attached hydrogen (secondary N) is 2. The molecule has 0 unspecified atom stereocenters. The van der Waals surface area contributed by atoms with Crippen molar-refractivity contribution >= 4 is 6.03 Å². The van der Waals surface area contributed by atoms with E-state index in [2.05, 4.69) is 33.8 Å². The first kappa shape index (κ1) is 21.0. The minimum atomic E-state index is -0.397. The second-order valence-corrected chi connectivity index (χ2v) is 8.18. The molecular weight excluding hydrogens is 388 g/mol. The van der Waals surface area contributed by atoms with Crippen molar-refractivity contribution in [1.29, 1.82) is 0 Å². The summed E-state index contributed by atoms with van der Waals surface area (Å²) >= 11 is 0. The Morgan fingerprint density at radius 2 is 1.87 bits per heavy atom. The molecule has 1 aliphatic carbocycles. The minimum Gasteiger partial charge on any atom is -0.497 e. The van der Waals surface area contributed by atoms with E-state index >= 15 is 0 Å². The molecule has 2 amide bonds. The predicted octanol–water partition coefficient (Wildman–Crippen LogP) is 4.46. The van der Waals surface area contributed by atoms with Crippen LogP contribution in [-0.4, -0.2) is 22.7 Å². The van der Waals surface area contributed by atoms with E-state index in [1.54, 1.807) is 13.3 Å². The molecule has 0 fully saturated rings. The van der Waals surface area contributed by atoms with E-state index in [0.717, 1.165) is 35.5 Å². The molecular formula is C25H30N4O2. The van der Waals surface area contributed by atoms with Crippen molar-refractivity contribution in [2.24, 2.45) is 7.05 Å². The Bertz CT molecular complexity index is 1060. The van der Waals surface area contributed by atoms with E-state index in [-0.39, 0.29) is 12.1 Å². The molecule has 0 saturated carbocycles. The van der Waals surface area contributed by atoms with Crippen LogP contribution in [0.1, 0.15) is 59.9 Å². The average Bonchev–Trinajstić information content (AvgIpc) is 3.22. The molecule has 1 aliphatic rings. The van der Waals surface area contributed by atoms with Gasteiger partial charge in [-0.1, -0.05) is 30.3 Å². The Morgan fingerprint density at radius 1 is 1.06 bits per heavy atom. The fourth-order valence-electron chi connectivity index (χ4n) is 4.25. The second kappa shape index (κ2) is 9.25. The van der Waals surface area contributed by atoms with Crippen LogP contribution in [0.15, 0.2) is 54.9 Å². The molecule has 2 atom stereocenters. The number of methoxy groups -OCH3 is 1. The topological polar surface area (TPSA) is 68.2 Å². The van der Waals surface area contributed by atoms with Crippen molar-refractivity contribution in [1.82, 2.24) is 20.2 Å². The number of carbonyl (C=O) groups excluding carboxylic acids is 1. The van der Waals surface area contributed by atoms with Crippen molar-refractivity contribution in [3.05, 3.63) is 82.9 Å². The van der Waals surface area contributed by atoms with Gasteiger partial charge in [0.2, 0.25) is 0 Å². The van der Waals surface area contributed by atoms with Gasteiger partial charge in [0, 0.05) is 19.4 Å². The van der Waals surface area contributed by atoms with Crippen molar-refractivity contribution in [2.75, 3.05) is 7.11 Å². The molecule has 2 N–H and O–H groups in total. The fraction of sp³-hybridized carbons (Fsp3) is 0.360. The number of hydrogen-bond donors (Lipinski definition) is 2. The number of benzene rings is 2. The molecule has 0 saturated heterocycles.